The molecule has 0 fully saturated rings. The number of carbonyl (C=O) groups excluding carboxylic acids is 2. The van der Waals surface area contributed by atoms with Gasteiger partial charge in [0.05, 0.1) is 13.2 Å². The van der Waals surface area contributed by atoms with E-state index in [9.17, 15) is 9.59 Å². The van der Waals surface area contributed by atoms with E-state index in [0.29, 0.717) is 5.22 Å². The molecule has 23 heavy (non-hydrogen) atoms. The Hall–Kier alpha value is -2.76. The Kier molecular flexibility index (Phi) is 5.41. The molecule has 6 nitrogen and oxygen atoms in total. The molecule has 0 amide bonds. The first-order valence-corrected chi connectivity index (χ1v) is 7.33. The van der Waals surface area contributed by atoms with Gasteiger partial charge in [0.25, 0.3) is 5.54 Å². The van der Waals surface area contributed by atoms with Crippen LogP contribution in [0.3, 0.4) is 0 Å². The van der Waals surface area contributed by atoms with Crippen molar-refractivity contribution in [3.8, 4) is 0 Å². The second-order valence-electron chi connectivity index (χ2n) is 4.69. The summed E-state index contributed by atoms with van der Waals surface area (Å²) in [4.78, 5) is 33.2. The highest BCUT2D eigenvalue weighted by Crippen LogP contribution is 2.18. The molecule has 120 valence electrons. The van der Waals surface area contributed by atoms with Crippen LogP contribution in [0.1, 0.15) is 13.8 Å². The monoisotopic (exact) mass is 314 g/mol. The number of hydrogen-bond acceptors (Lipinski definition) is 6. The minimum Gasteiger partial charge on any atom is -0.463 e. The van der Waals surface area contributed by atoms with E-state index in [1.807, 2.05) is 12.1 Å². The predicted octanol–water partition coefficient (Wildman–Crippen LogP) is 0.225. The standard InChI is InChI=1S/C17H18N2O4/c1-3-22-15(20)17(16(21)23-4-2)11-13-7-5-6-8-14(13)12-18-9-10-19-17/h5-12H,3-4H2,1-2H3. The van der Waals surface area contributed by atoms with Gasteiger partial charge in [0, 0.05) is 18.6 Å². The smallest absolute Gasteiger partial charge is 0.349 e. The molecule has 0 radical (unpaired) electrons. The van der Waals surface area contributed by atoms with Gasteiger partial charge >= 0.3 is 11.9 Å². The van der Waals surface area contributed by atoms with Gasteiger partial charge in [-0.1, -0.05) is 24.3 Å². The average Bonchev–Trinajstić information content (AvgIpc) is 2.64. The molecule has 0 bridgehead atoms. The van der Waals surface area contributed by atoms with Gasteiger partial charge in [0.15, 0.2) is 0 Å². The fourth-order valence-corrected chi connectivity index (χ4v) is 2.12. The third-order valence-corrected chi connectivity index (χ3v) is 3.18. The van der Waals surface area contributed by atoms with E-state index >= 15 is 0 Å². The number of benzene rings is 1. The summed E-state index contributed by atoms with van der Waals surface area (Å²) in [7, 11) is 0. The van der Waals surface area contributed by atoms with Gasteiger partial charge in [0.2, 0.25) is 0 Å². The molecular formula is C17H18N2O4. The Balaban J connectivity index is 2.75. The molecule has 1 aliphatic rings. The van der Waals surface area contributed by atoms with Crippen LogP contribution in [0.2, 0.25) is 0 Å². The molecular weight excluding hydrogens is 296 g/mol. The zero-order valence-corrected chi connectivity index (χ0v) is 13.1. The maximum absolute atomic E-state index is 12.5. The molecule has 0 spiro atoms. The largest absolute Gasteiger partial charge is 0.463 e. The SMILES string of the molecule is CCOC(=O)C1(C(=O)OCC)C=c2ccccc2=CN=CC=N1. The van der Waals surface area contributed by atoms with E-state index in [1.54, 1.807) is 32.2 Å². The van der Waals surface area contributed by atoms with Crippen molar-refractivity contribution in [2.75, 3.05) is 13.2 Å². The summed E-state index contributed by atoms with van der Waals surface area (Å²) in [6, 6.07) is 7.24. The number of fused-ring (bicyclic) bond motifs is 1. The summed E-state index contributed by atoms with van der Waals surface area (Å²) in [6.07, 6.45) is 5.79. The molecule has 1 aromatic rings. The highest BCUT2D eigenvalue weighted by molar-refractivity contribution is 6.20. The molecule has 6 heteroatoms. The molecule has 0 aliphatic carbocycles. The zero-order valence-electron chi connectivity index (χ0n) is 13.1. The van der Waals surface area contributed by atoms with E-state index in [-0.39, 0.29) is 13.2 Å². The van der Waals surface area contributed by atoms with Crippen molar-refractivity contribution in [2.45, 2.75) is 19.4 Å². The van der Waals surface area contributed by atoms with E-state index < -0.39 is 17.5 Å². The van der Waals surface area contributed by atoms with Crippen LogP contribution < -0.4 is 10.4 Å². The van der Waals surface area contributed by atoms with Crippen molar-refractivity contribution >= 4 is 36.6 Å². The normalized spacial score (nSPS) is 15.0. The molecule has 0 N–H and O–H groups in total. The topological polar surface area (TPSA) is 77.3 Å². The number of hydrogen-bond donors (Lipinski definition) is 0. The van der Waals surface area contributed by atoms with Crippen molar-refractivity contribution in [2.24, 2.45) is 9.98 Å². The van der Waals surface area contributed by atoms with Gasteiger partial charge in [-0.25, -0.2) is 9.59 Å². The Labute approximate surface area is 133 Å². The van der Waals surface area contributed by atoms with Crippen LogP contribution in [0, 0.1) is 0 Å². The van der Waals surface area contributed by atoms with Crippen LogP contribution in [0.15, 0.2) is 34.3 Å². The Bertz CT molecular complexity index is 747. The zero-order chi connectivity index (χ0) is 16.7. The number of ether oxygens (including phenoxy) is 2. The van der Waals surface area contributed by atoms with Crippen molar-refractivity contribution < 1.29 is 19.1 Å². The lowest BCUT2D eigenvalue weighted by Gasteiger charge is -2.21. The summed E-state index contributed by atoms with van der Waals surface area (Å²) >= 11 is 0. The van der Waals surface area contributed by atoms with Gasteiger partial charge in [-0.3, -0.25) is 9.98 Å². The van der Waals surface area contributed by atoms with Gasteiger partial charge in [0.1, 0.15) is 0 Å². The number of nitrogens with zero attached hydrogens (tertiary/aromatic N) is 2. The first-order valence-electron chi connectivity index (χ1n) is 7.33. The summed E-state index contributed by atoms with van der Waals surface area (Å²) in [5.74, 6) is -1.56. The van der Waals surface area contributed by atoms with E-state index in [0.717, 1.165) is 5.22 Å². The highest BCUT2D eigenvalue weighted by atomic mass is 16.6. The van der Waals surface area contributed by atoms with Crippen molar-refractivity contribution in [1.82, 2.24) is 0 Å². The highest BCUT2D eigenvalue weighted by Gasteiger charge is 2.47. The van der Waals surface area contributed by atoms with Crippen LogP contribution >= 0.6 is 0 Å². The maximum Gasteiger partial charge on any atom is 0.349 e. The number of carbonyl (C=O) groups is 2. The summed E-state index contributed by atoms with van der Waals surface area (Å²) < 4.78 is 10.1. The second kappa shape index (κ2) is 7.49. The average molecular weight is 314 g/mol. The quantitative estimate of drug-likeness (QED) is 0.588. The number of aliphatic imine (C=N–C) groups is 2. The molecule has 0 atom stereocenters. The first kappa shape index (κ1) is 16.6. The molecule has 0 saturated carbocycles. The summed E-state index contributed by atoms with van der Waals surface area (Å²) in [5.41, 5.74) is -1.88. The lowest BCUT2D eigenvalue weighted by Crippen LogP contribution is -2.48. The summed E-state index contributed by atoms with van der Waals surface area (Å²) in [5, 5.41) is 1.40. The van der Waals surface area contributed by atoms with E-state index in [4.69, 9.17) is 9.47 Å². The van der Waals surface area contributed by atoms with Crippen molar-refractivity contribution in [3.05, 3.63) is 34.7 Å². The van der Waals surface area contributed by atoms with Crippen molar-refractivity contribution in [3.63, 3.8) is 0 Å². The predicted molar refractivity (Wildman–Crippen MR) is 87.6 cm³/mol. The number of rotatable bonds is 4. The lowest BCUT2D eigenvalue weighted by molar-refractivity contribution is -0.159. The minimum absolute atomic E-state index is 0.130. The maximum atomic E-state index is 12.5. The Morgan fingerprint density at radius 3 is 2.22 bits per heavy atom. The van der Waals surface area contributed by atoms with Gasteiger partial charge in [-0.15, -0.1) is 0 Å². The lowest BCUT2D eigenvalue weighted by atomic mass is 9.98. The minimum atomic E-state index is -1.88. The molecule has 1 heterocycles. The fourth-order valence-electron chi connectivity index (χ4n) is 2.12. The summed E-state index contributed by atoms with van der Waals surface area (Å²) in [6.45, 7) is 3.59. The van der Waals surface area contributed by atoms with E-state index in [1.165, 1.54) is 18.5 Å². The van der Waals surface area contributed by atoms with Crippen molar-refractivity contribution in [1.29, 1.82) is 0 Å². The van der Waals surface area contributed by atoms with Gasteiger partial charge < -0.3 is 9.47 Å². The number of esters is 2. The fraction of sp³-hybridized carbons (Fsp3) is 0.294. The molecule has 0 saturated heterocycles. The molecule has 0 aromatic heterocycles. The first-order chi connectivity index (χ1) is 11.1. The third-order valence-electron chi connectivity index (χ3n) is 3.18. The Morgan fingerprint density at radius 1 is 1.00 bits per heavy atom. The Morgan fingerprint density at radius 2 is 1.61 bits per heavy atom. The van der Waals surface area contributed by atoms with Crippen LogP contribution in [-0.2, 0) is 19.1 Å². The molecule has 1 aromatic carbocycles. The van der Waals surface area contributed by atoms with Crippen LogP contribution in [-0.4, -0.2) is 43.1 Å². The molecule has 2 rings (SSSR count). The molecule has 0 unspecified atom stereocenters. The van der Waals surface area contributed by atoms with Crippen LogP contribution in [0.4, 0.5) is 0 Å². The third kappa shape index (κ3) is 3.53. The van der Waals surface area contributed by atoms with Crippen LogP contribution in [0.25, 0.3) is 12.3 Å². The second-order valence-corrected chi connectivity index (χ2v) is 4.69. The van der Waals surface area contributed by atoms with E-state index in [2.05, 4.69) is 9.98 Å². The van der Waals surface area contributed by atoms with Gasteiger partial charge in [-0.05, 0) is 30.4 Å². The van der Waals surface area contributed by atoms with Crippen LogP contribution in [0.5, 0.6) is 0 Å². The van der Waals surface area contributed by atoms with Gasteiger partial charge in [-0.2, -0.15) is 0 Å². The molecule has 1 aliphatic heterocycles.